The first kappa shape index (κ1) is 13.4. The highest BCUT2D eigenvalue weighted by atomic mass is 16.5. The number of hydrogen-bond acceptors (Lipinski definition) is 5. The Morgan fingerprint density at radius 2 is 2.12 bits per heavy atom. The molecule has 0 aromatic rings. The summed E-state index contributed by atoms with van der Waals surface area (Å²) in [6.07, 6.45) is 3.78. The van der Waals surface area contributed by atoms with Crippen LogP contribution >= 0.6 is 0 Å². The maximum Gasteiger partial charge on any atom is 0.325 e. The third-order valence-electron chi connectivity index (χ3n) is 2.95. The highest BCUT2D eigenvalue weighted by Gasteiger charge is 2.25. The minimum atomic E-state index is -0.897. The molecule has 0 aliphatic heterocycles. The maximum atomic E-state index is 11.3. The van der Waals surface area contributed by atoms with Gasteiger partial charge in [0, 0.05) is 6.04 Å². The number of hydrogen-bond donors (Lipinski definition) is 3. The number of carbonyl (C=O) groups is 1. The predicted octanol–water partition coefficient (Wildman–Crippen LogP) is -0.230. The molecule has 0 aromatic carbocycles. The molecule has 5 nitrogen and oxygen atoms in total. The molecule has 1 atom stereocenters. The Bertz CT molecular complexity index is 215. The summed E-state index contributed by atoms with van der Waals surface area (Å²) in [6, 6.07) is -0.349. The lowest BCUT2D eigenvalue weighted by Crippen LogP contribution is -2.40. The van der Waals surface area contributed by atoms with Gasteiger partial charge < -0.3 is 20.9 Å². The number of rotatable bonds is 5. The second-order valence-corrected chi connectivity index (χ2v) is 4.26. The Balaban J connectivity index is 2.24. The quantitative estimate of drug-likeness (QED) is 0.568. The number of nitrogens with one attached hydrogen (secondary N) is 1. The Labute approximate surface area is 96.3 Å². The molecule has 0 amide bonds. The van der Waals surface area contributed by atoms with E-state index < -0.39 is 12.0 Å². The molecular formula is C11H22N2O3. The average molecular weight is 230 g/mol. The van der Waals surface area contributed by atoms with E-state index in [1.54, 1.807) is 0 Å². The predicted molar refractivity (Wildman–Crippen MR) is 60.9 cm³/mol. The van der Waals surface area contributed by atoms with Gasteiger partial charge in [-0.1, -0.05) is 6.92 Å². The highest BCUT2D eigenvalue weighted by Crippen LogP contribution is 2.21. The van der Waals surface area contributed by atoms with E-state index in [0.29, 0.717) is 6.04 Å². The van der Waals surface area contributed by atoms with Gasteiger partial charge in [-0.15, -0.1) is 0 Å². The van der Waals surface area contributed by atoms with E-state index in [1.165, 1.54) is 0 Å². The molecule has 0 unspecified atom stereocenters. The largest absolute Gasteiger partial charge is 0.461 e. The average Bonchev–Trinajstić information content (AvgIpc) is 2.31. The van der Waals surface area contributed by atoms with Gasteiger partial charge in [0.2, 0.25) is 0 Å². The van der Waals surface area contributed by atoms with Gasteiger partial charge in [0.15, 0.2) is 0 Å². The zero-order valence-corrected chi connectivity index (χ0v) is 9.82. The van der Waals surface area contributed by atoms with Gasteiger partial charge in [-0.2, -0.15) is 0 Å². The zero-order chi connectivity index (χ0) is 12.0. The lowest BCUT2D eigenvalue weighted by molar-refractivity contribution is -0.153. The van der Waals surface area contributed by atoms with Crippen LogP contribution in [-0.2, 0) is 9.53 Å². The highest BCUT2D eigenvalue weighted by molar-refractivity contribution is 5.75. The summed E-state index contributed by atoms with van der Waals surface area (Å²) in [6.45, 7) is 2.71. The van der Waals surface area contributed by atoms with E-state index in [2.05, 4.69) is 12.2 Å². The summed E-state index contributed by atoms with van der Waals surface area (Å²) in [5.74, 6) is -0.491. The molecule has 16 heavy (non-hydrogen) atoms. The van der Waals surface area contributed by atoms with Crippen LogP contribution in [0.4, 0.5) is 0 Å². The fourth-order valence-corrected chi connectivity index (χ4v) is 2.00. The molecule has 0 radical (unpaired) electrons. The molecule has 5 heteroatoms. The van der Waals surface area contributed by atoms with Gasteiger partial charge in [0.05, 0.1) is 6.61 Å². The van der Waals surface area contributed by atoms with Gasteiger partial charge in [-0.05, 0) is 32.2 Å². The van der Waals surface area contributed by atoms with Crippen molar-refractivity contribution in [2.75, 3.05) is 13.2 Å². The van der Waals surface area contributed by atoms with Crippen LogP contribution in [0, 0.1) is 0 Å². The molecule has 0 bridgehead atoms. The molecule has 0 spiro atoms. The Morgan fingerprint density at radius 3 is 2.62 bits per heavy atom. The molecule has 0 heterocycles. The van der Waals surface area contributed by atoms with Gasteiger partial charge >= 0.3 is 5.97 Å². The standard InChI is InChI=1S/C11H22N2O3/c1-2-13-8-3-5-9(6-4-8)16-11(15)10(12)7-14/h8-10,13-14H,2-7,12H2,1H3/t8?,9?,10-/m0/s1. The first-order chi connectivity index (χ1) is 7.67. The third-order valence-corrected chi connectivity index (χ3v) is 2.95. The smallest absolute Gasteiger partial charge is 0.325 e. The minimum Gasteiger partial charge on any atom is -0.461 e. The fourth-order valence-electron chi connectivity index (χ4n) is 2.00. The van der Waals surface area contributed by atoms with Crippen molar-refractivity contribution in [3.8, 4) is 0 Å². The lowest BCUT2D eigenvalue weighted by Gasteiger charge is -2.29. The number of esters is 1. The van der Waals surface area contributed by atoms with Crippen LogP contribution in [-0.4, -0.2) is 42.4 Å². The Morgan fingerprint density at radius 1 is 1.50 bits per heavy atom. The van der Waals surface area contributed by atoms with E-state index in [0.717, 1.165) is 32.2 Å². The summed E-state index contributed by atoms with van der Waals surface area (Å²) >= 11 is 0. The van der Waals surface area contributed by atoms with E-state index in [-0.39, 0.29) is 12.7 Å². The maximum absolute atomic E-state index is 11.3. The monoisotopic (exact) mass is 230 g/mol. The van der Waals surface area contributed by atoms with Gasteiger partial charge in [-0.25, -0.2) is 0 Å². The number of ether oxygens (including phenoxy) is 1. The molecule has 1 rings (SSSR count). The van der Waals surface area contributed by atoms with Crippen LogP contribution in [0.1, 0.15) is 32.6 Å². The molecule has 1 fully saturated rings. The third kappa shape index (κ3) is 4.08. The number of nitrogens with two attached hydrogens (primary N) is 1. The van der Waals surface area contributed by atoms with Crippen LogP contribution in [0.15, 0.2) is 0 Å². The van der Waals surface area contributed by atoms with Crippen LogP contribution in [0.2, 0.25) is 0 Å². The van der Waals surface area contributed by atoms with Crippen molar-refractivity contribution in [1.82, 2.24) is 5.32 Å². The molecule has 0 saturated heterocycles. The van der Waals surface area contributed by atoms with E-state index >= 15 is 0 Å². The summed E-state index contributed by atoms with van der Waals surface area (Å²) < 4.78 is 5.22. The van der Waals surface area contributed by atoms with Gasteiger partial charge in [-0.3, -0.25) is 4.79 Å². The van der Waals surface area contributed by atoms with Crippen LogP contribution in [0.3, 0.4) is 0 Å². The second kappa shape index (κ2) is 6.83. The second-order valence-electron chi connectivity index (χ2n) is 4.26. The van der Waals surface area contributed by atoms with E-state index in [9.17, 15) is 4.79 Å². The normalized spacial score (nSPS) is 27.4. The minimum absolute atomic E-state index is 0.0278. The Hall–Kier alpha value is -0.650. The molecule has 1 aliphatic carbocycles. The summed E-state index contributed by atoms with van der Waals surface area (Å²) in [4.78, 5) is 11.3. The first-order valence-corrected chi connectivity index (χ1v) is 5.97. The van der Waals surface area contributed by atoms with Crippen molar-refractivity contribution in [3.05, 3.63) is 0 Å². The molecule has 1 saturated carbocycles. The SMILES string of the molecule is CCNC1CCC(OC(=O)[C@@H](N)CO)CC1. The molecule has 94 valence electrons. The van der Waals surface area contributed by atoms with Crippen LogP contribution < -0.4 is 11.1 Å². The molecular weight excluding hydrogens is 208 g/mol. The van der Waals surface area contributed by atoms with Crippen molar-refractivity contribution in [3.63, 3.8) is 0 Å². The summed E-state index contributed by atoms with van der Waals surface area (Å²) in [5.41, 5.74) is 5.37. The molecule has 1 aliphatic rings. The van der Waals surface area contributed by atoms with E-state index in [1.807, 2.05) is 0 Å². The number of aliphatic hydroxyl groups is 1. The Kier molecular flexibility index (Phi) is 5.73. The summed E-state index contributed by atoms with van der Waals surface area (Å²) in [7, 11) is 0. The van der Waals surface area contributed by atoms with Crippen molar-refractivity contribution >= 4 is 5.97 Å². The van der Waals surface area contributed by atoms with Crippen LogP contribution in [0.25, 0.3) is 0 Å². The van der Waals surface area contributed by atoms with Crippen molar-refractivity contribution in [2.45, 2.75) is 50.8 Å². The van der Waals surface area contributed by atoms with Crippen molar-refractivity contribution in [1.29, 1.82) is 0 Å². The number of aliphatic hydroxyl groups excluding tert-OH is 1. The first-order valence-electron chi connectivity index (χ1n) is 5.97. The van der Waals surface area contributed by atoms with E-state index in [4.69, 9.17) is 15.6 Å². The molecule has 0 aromatic heterocycles. The molecule has 4 N–H and O–H groups in total. The van der Waals surface area contributed by atoms with Crippen molar-refractivity contribution in [2.24, 2.45) is 5.73 Å². The number of carbonyl (C=O) groups excluding carboxylic acids is 1. The van der Waals surface area contributed by atoms with Crippen molar-refractivity contribution < 1.29 is 14.6 Å². The zero-order valence-electron chi connectivity index (χ0n) is 9.82. The van der Waals surface area contributed by atoms with Crippen LogP contribution in [0.5, 0.6) is 0 Å². The topological polar surface area (TPSA) is 84.6 Å². The lowest BCUT2D eigenvalue weighted by atomic mass is 9.93. The summed E-state index contributed by atoms with van der Waals surface area (Å²) in [5, 5.41) is 12.1. The fraction of sp³-hybridized carbons (Fsp3) is 0.909. The van der Waals surface area contributed by atoms with Gasteiger partial charge in [0.25, 0.3) is 0 Å². The van der Waals surface area contributed by atoms with Gasteiger partial charge in [0.1, 0.15) is 12.1 Å².